The standard InChI is InChI=1S/C14H15BrO/c15-13(10-5-6-10)8-7-12-9-11-3-1-2-4-14(11)16-12/h1-4,9-10,13H,5-8H2. The zero-order valence-electron chi connectivity index (χ0n) is 9.16. The number of hydrogen-bond donors (Lipinski definition) is 0. The molecule has 1 nitrogen and oxygen atoms in total. The molecule has 1 aromatic carbocycles. The summed E-state index contributed by atoms with van der Waals surface area (Å²) in [7, 11) is 0. The fourth-order valence-electron chi connectivity index (χ4n) is 2.13. The monoisotopic (exact) mass is 278 g/mol. The van der Waals surface area contributed by atoms with Crippen molar-refractivity contribution in [1.29, 1.82) is 0 Å². The van der Waals surface area contributed by atoms with Crippen molar-refractivity contribution in [1.82, 2.24) is 0 Å². The lowest BCUT2D eigenvalue weighted by atomic mass is 10.1. The summed E-state index contributed by atoms with van der Waals surface area (Å²) < 4.78 is 5.80. The average molecular weight is 279 g/mol. The van der Waals surface area contributed by atoms with Crippen LogP contribution in [0.25, 0.3) is 11.0 Å². The molecule has 0 N–H and O–H groups in total. The van der Waals surface area contributed by atoms with Crippen LogP contribution in [0.3, 0.4) is 0 Å². The second kappa shape index (κ2) is 4.25. The van der Waals surface area contributed by atoms with Crippen LogP contribution >= 0.6 is 15.9 Å². The third-order valence-corrected chi connectivity index (χ3v) is 4.48. The minimum Gasteiger partial charge on any atom is -0.461 e. The summed E-state index contributed by atoms with van der Waals surface area (Å²) >= 11 is 3.76. The molecule has 1 atom stereocenters. The van der Waals surface area contributed by atoms with E-state index in [0.29, 0.717) is 4.83 Å². The summed E-state index contributed by atoms with van der Waals surface area (Å²) in [4.78, 5) is 0.681. The van der Waals surface area contributed by atoms with Crippen molar-refractivity contribution in [2.45, 2.75) is 30.5 Å². The lowest BCUT2D eigenvalue weighted by Crippen LogP contribution is -2.01. The molecule has 3 rings (SSSR count). The normalized spacial score (nSPS) is 17.8. The number of alkyl halides is 1. The van der Waals surface area contributed by atoms with Crippen LogP contribution in [-0.2, 0) is 6.42 Å². The third kappa shape index (κ3) is 2.17. The van der Waals surface area contributed by atoms with Gasteiger partial charge in [-0.25, -0.2) is 0 Å². The Hall–Kier alpha value is -0.760. The van der Waals surface area contributed by atoms with Crippen molar-refractivity contribution in [3.63, 3.8) is 0 Å². The summed E-state index contributed by atoms with van der Waals surface area (Å²) in [6, 6.07) is 10.4. The number of aryl methyl sites for hydroxylation is 1. The van der Waals surface area contributed by atoms with E-state index in [4.69, 9.17) is 4.42 Å². The fourth-order valence-corrected chi connectivity index (χ4v) is 2.89. The average Bonchev–Trinajstić information content (AvgIpc) is 3.06. The number of rotatable bonds is 4. The Bertz CT molecular complexity index is 451. The van der Waals surface area contributed by atoms with Gasteiger partial charge in [-0.1, -0.05) is 34.1 Å². The van der Waals surface area contributed by atoms with Gasteiger partial charge in [0.15, 0.2) is 0 Å². The molecule has 84 valence electrons. The van der Waals surface area contributed by atoms with Crippen LogP contribution in [0, 0.1) is 5.92 Å². The Morgan fingerprint density at radius 3 is 2.88 bits per heavy atom. The van der Waals surface area contributed by atoms with E-state index in [1.165, 1.54) is 24.6 Å². The molecular formula is C14H15BrO. The van der Waals surface area contributed by atoms with Gasteiger partial charge in [-0.15, -0.1) is 0 Å². The summed E-state index contributed by atoms with van der Waals surface area (Å²) in [5.74, 6) is 2.04. The molecule has 1 heterocycles. The Labute approximate surface area is 104 Å². The highest BCUT2D eigenvalue weighted by molar-refractivity contribution is 9.09. The van der Waals surface area contributed by atoms with Crippen molar-refractivity contribution >= 4 is 26.9 Å². The molecule has 0 bridgehead atoms. The van der Waals surface area contributed by atoms with Crippen LogP contribution in [-0.4, -0.2) is 4.83 Å². The first kappa shape index (κ1) is 10.4. The van der Waals surface area contributed by atoms with Gasteiger partial charge < -0.3 is 4.42 Å². The number of benzene rings is 1. The summed E-state index contributed by atoms with van der Waals surface area (Å²) in [6.45, 7) is 0. The van der Waals surface area contributed by atoms with Crippen molar-refractivity contribution in [2.75, 3.05) is 0 Å². The minimum atomic E-state index is 0.681. The van der Waals surface area contributed by atoms with Gasteiger partial charge in [0.25, 0.3) is 0 Å². The lowest BCUT2D eigenvalue weighted by molar-refractivity contribution is 0.530. The molecular weight excluding hydrogens is 264 g/mol. The van der Waals surface area contributed by atoms with E-state index in [-0.39, 0.29) is 0 Å². The largest absolute Gasteiger partial charge is 0.461 e. The molecule has 1 unspecified atom stereocenters. The first-order chi connectivity index (χ1) is 7.83. The Morgan fingerprint density at radius 2 is 2.12 bits per heavy atom. The van der Waals surface area contributed by atoms with Gasteiger partial charge in [-0.2, -0.15) is 0 Å². The van der Waals surface area contributed by atoms with Gasteiger partial charge in [-0.05, 0) is 37.3 Å². The van der Waals surface area contributed by atoms with Gasteiger partial charge in [0.2, 0.25) is 0 Å². The van der Waals surface area contributed by atoms with E-state index < -0.39 is 0 Å². The van der Waals surface area contributed by atoms with Crippen LogP contribution in [0.5, 0.6) is 0 Å². The van der Waals surface area contributed by atoms with Crippen LogP contribution < -0.4 is 0 Å². The zero-order valence-corrected chi connectivity index (χ0v) is 10.7. The molecule has 0 amide bonds. The first-order valence-corrected chi connectivity index (χ1v) is 6.86. The van der Waals surface area contributed by atoms with E-state index in [1.54, 1.807) is 0 Å². The van der Waals surface area contributed by atoms with E-state index in [1.807, 2.05) is 12.1 Å². The van der Waals surface area contributed by atoms with Crippen molar-refractivity contribution in [2.24, 2.45) is 5.92 Å². The van der Waals surface area contributed by atoms with Crippen LogP contribution in [0.15, 0.2) is 34.7 Å². The van der Waals surface area contributed by atoms with Crippen LogP contribution in [0.4, 0.5) is 0 Å². The molecule has 0 radical (unpaired) electrons. The molecule has 2 aromatic rings. The maximum absolute atomic E-state index is 5.80. The minimum absolute atomic E-state index is 0.681. The smallest absolute Gasteiger partial charge is 0.134 e. The number of hydrogen-bond acceptors (Lipinski definition) is 1. The zero-order chi connectivity index (χ0) is 11.0. The Kier molecular flexibility index (Phi) is 2.76. The predicted octanol–water partition coefficient (Wildman–Crippen LogP) is 4.54. The summed E-state index contributed by atoms with van der Waals surface area (Å²) in [5, 5.41) is 1.22. The van der Waals surface area contributed by atoms with Crippen LogP contribution in [0.1, 0.15) is 25.0 Å². The van der Waals surface area contributed by atoms with Crippen LogP contribution in [0.2, 0.25) is 0 Å². The number of furan rings is 1. The molecule has 1 aliphatic rings. The van der Waals surface area contributed by atoms with E-state index in [2.05, 4.69) is 34.1 Å². The second-order valence-electron chi connectivity index (χ2n) is 4.64. The van der Waals surface area contributed by atoms with E-state index in [0.717, 1.165) is 23.7 Å². The molecule has 1 aliphatic carbocycles. The molecule has 1 fully saturated rings. The van der Waals surface area contributed by atoms with Gasteiger partial charge in [0.1, 0.15) is 11.3 Å². The predicted molar refractivity (Wildman–Crippen MR) is 70.0 cm³/mol. The molecule has 0 spiro atoms. The lowest BCUT2D eigenvalue weighted by Gasteiger charge is -2.05. The number of fused-ring (bicyclic) bond motifs is 1. The third-order valence-electron chi connectivity index (χ3n) is 3.28. The SMILES string of the molecule is BrC(CCc1cc2ccccc2o1)C1CC1. The summed E-state index contributed by atoms with van der Waals surface area (Å²) in [5.41, 5.74) is 1.01. The van der Waals surface area contributed by atoms with E-state index >= 15 is 0 Å². The fraction of sp³-hybridized carbons (Fsp3) is 0.429. The van der Waals surface area contributed by atoms with Crippen molar-refractivity contribution in [3.8, 4) is 0 Å². The second-order valence-corrected chi connectivity index (χ2v) is 5.82. The van der Waals surface area contributed by atoms with Gasteiger partial charge >= 0.3 is 0 Å². The number of halogens is 1. The molecule has 1 aromatic heterocycles. The molecule has 16 heavy (non-hydrogen) atoms. The molecule has 0 saturated heterocycles. The maximum Gasteiger partial charge on any atom is 0.134 e. The molecule has 1 saturated carbocycles. The highest BCUT2D eigenvalue weighted by atomic mass is 79.9. The Balaban J connectivity index is 1.69. The summed E-state index contributed by atoms with van der Waals surface area (Å²) in [6.07, 6.45) is 5.03. The molecule has 0 aliphatic heterocycles. The quantitative estimate of drug-likeness (QED) is 0.749. The topological polar surface area (TPSA) is 13.1 Å². The van der Waals surface area contributed by atoms with Gasteiger partial charge in [-0.3, -0.25) is 0 Å². The maximum atomic E-state index is 5.80. The highest BCUT2D eigenvalue weighted by Crippen LogP contribution is 2.38. The highest BCUT2D eigenvalue weighted by Gasteiger charge is 2.28. The van der Waals surface area contributed by atoms with Crippen molar-refractivity contribution < 1.29 is 4.42 Å². The van der Waals surface area contributed by atoms with Gasteiger partial charge in [0.05, 0.1) is 0 Å². The van der Waals surface area contributed by atoms with E-state index in [9.17, 15) is 0 Å². The van der Waals surface area contributed by atoms with Crippen molar-refractivity contribution in [3.05, 3.63) is 36.1 Å². The van der Waals surface area contributed by atoms with Gasteiger partial charge in [0, 0.05) is 16.6 Å². The number of para-hydroxylation sites is 1. The Morgan fingerprint density at radius 1 is 1.31 bits per heavy atom. The first-order valence-electron chi connectivity index (χ1n) is 5.94. The molecule has 2 heteroatoms.